The van der Waals surface area contributed by atoms with Crippen molar-refractivity contribution in [1.29, 1.82) is 0 Å². The van der Waals surface area contributed by atoms with Gasteiger partial charge in [-0.05, 0) is 20.3 Å². The Hall–Kier alpha value is -0.350. The van der Waals surface area contributed by atoms with Crippen LogP contribution in [-0.4, -0.2) is 46.5 Å². The molecular weight excluding hydrogens is 293 g/mol. The van der Waals surface area contributed by atoms with E-state index in [0.29, 0.717) is 22.1 Å². The van der Waals surface area contributed by atoms with Crippen molar-refractivity contribution in [3.8, 4) is 0 Å². The minimum Gasteiger partial charge on any atom is -0.296 e. The molecule has 3 nitrogen and oxygen atoms in total. The predicted molar refractivity (Wildman–Crippen MR) is 85.5 cm³/mol. The molecule has 0 amide bonds. The Kier molecular flexibility index (Phi) is 5.67. The minimum absolute atomic E-state index is 0.607. The zero-order valence-corrected chi connectivity index (χ0v) is 14.0. The van der Waals surface area contributed by atoms with Crippen LogP contribution >= 0.6 is 23.2 Å². The van der Waals surface area contributed by atoms with Gasteiger partial charge in [-0.25, -0.2) is 0 Å². The van der Waals surface area contributed by atoms with Crippen molar-refractivity contribution in [2.45, 2.75) is 45.8 Å². The van der Waals surface area contributed by atoms with Crippen LogP contribution < -0.4 is 0 Å². The summed E-state index contributed by atoms with van der Waals surface area (Å²) in [4.78, 5) is 9.05. The van der Waals surface area contributed by atoms with Gasteiger partial charge in [0.15, 0.2) is 0 Å². The third-order valence-electron chi connectivity index (χ3n) is 4.08. The molecular formula is C15H23Cl2N3. The van der Waals surface area contributed by atoms with Crippen LogP contribution in [0.2, 0.25) is 10.0 Å². The maximum Gasteiger partial charge on any atom is 0.0649 e. The summed E-state index contributed by atoms with van der Waals surface area (Å²) >= 11 is 12.4. The normalized spacial score (nSPS) is 21.6. The SMILES string of the molecule is CC[C@H]1CN(Cc2c(Cl)cncc2Cl)CCN1C(C)C. The molecule has 0 N–H and O–H groups in total. The number of halogens is 2. The van der Waals surface area contributed by atoms with Gasteiger partial charge in [-0.2, -0.15) is 0 Å². The second kappa shape index (κ2) is 7.08. The number of aromatic nitrogens is 1. The Morgan fingerprint density at radius 2 is 1.90 bits per heavy atom. The van der Waals surface area contributed by atoms with Crippen LogP contribution in [0, 0.1) is 0 Å². The Morgan fingerprint density at radius 3 is 2.45 bits per heavy atom. The number of piperazine rings is 1. The minimum atomic E-state index is 0.607. The van der Waals surface area contributed by atoms with E-state index in [1.54, 1.807) is 12.4 Å². The fraction of sp³-hybridized carbons (Fsp3) is 0.667. The van der Waals surface area contributed by atoms with Gasteiger partial charge in [0.1, 0.15) is 0 Å². The highest BCUT2D eigenvalue weighted by atomic mass is 35.5. The van der Waals surface area contributed by atoms with Gasteiger partial charge in [-0.3, -0.25) is 14.8 Å². The van der Waals surface area contributed by atoms with E-state index >= 15 is 0 Å². The smallest absolute Gasteiger partial charge is 0.0649 e. The quantitative estimate of drug-likeness (QED) is 0.844. The molecule has 0 unspecified atom stereocenters. The highest BCUT2D eigenvalue weighted by Crippen LogP contribution is 2.26. The van der Waals surface area contributed by atoms with Gasteiger partial charge >= 0.3 is 0 Å². The van der Waals surface area contributed by atoms with Crippen molar-refractivity contribution < 1.29 is 0 Å². The van der Waals surface area contributed by atoms with Crippen LogP contribution in [0.25, 0.3) is 0 Å². The molecule has 5 heteroatoms. The average molecular weight is 316 g/mol. The molecule has 112 valence electrons. The maximum atomic E-state index is 6.21. The lowest BCUT2D eigenvalue weighted by Crippen LogP contribution is -2.54. The van der Waals surface area contributed by atoms with Gasteiger partial charge in [0.25, 0.3) is 0 Å². The summed E-state index contributed by atoms with van der Waals surface area (Å²) in [5.74, 6) is 0. The van der Waals surface area contributed by atoms with Crippen molar-refractivity contribution in [3.05, 3.63) is 28.0 Å². The summed E-state index contributed by atoms with van der Waals surface area (Å²) < 4.78 is 0. The summed E-state index contributed by atoms with van der Waals surface area (Å²) in [6, 6.07) is 1.22. The molecule has 1 aliphatic heterocycles. The van der Waals surface area contributed by atoms with E-state index in [-0.39, 0.29) is 0 Å². The molecule has 0 radical (unpaired) electrons. The number of nitrogens with zero attached hydrogens (tertiary/aromatic N) is 3. The van der Waals surface area contributed by atoms with E-state index in [0.717, 1.165) is 31.7 Å². The van der Waals surface area contributed by atoms with E-state index in [1.165, 1.54) is 6.42 Å². The molecule has 1 atom stereocenters. The number of rotatable bonds is 4. The van der Waals surface area contributed by atoms with Gasteiger partial charge < -0.3 is 0 Å². The van der Waals surface area contributed by atoms with Gasteiger partial charge in [-0.1, -0.05) is 30.1 Å². The molecule has 0 bridgehead atoms. The average Bonchev–Trinajstić information content (AvgIpc) is 2.42. The lowest BCUT2D eigenvalue weighted by molar-refractivity contribution is 0.0457. The van der Waals surface area contributed by atoms with Crippen LogP contribution in [-0.2, 0) is 6.54 Å². The van der Waals surface area contributed by atoms with Crippen molar-refractivity contribution in [2.24, 2.45) is 0 Å². The number of pyridine rings is 1. The molecule has 0 aromatic carbocycles. The van der Waals surface area contributed by atoms with E-state index in [9.17, 15) is 0 Å². The van der Waals surface area contributed by atoms with Crippen LogP contribution in [0.15, 0.2) is 12.4 Å². The third kappa shape index (κ3) is 3.64. The zero-order valence-electron chi connectivity index (χ0n) is 12.4. The van der Waals surface area contributed by atoms with Crippen molar-refractivity contribution in [1.82, 2.24) is 14.8 Å². The van der Waals surface area contributed by atoms with Gasteiger partial charge in [0.05, 0.1) is 10.0 Å². The lowest BCUT2D eigenvalue weighted by atomic mass is 10.1. The topological polar surface area (TPSA) is 19.4 Å². The molecule has 1 fully saturated rings. The first-order valence-electron chi connectivity index (χ1n) is 7.28. The summed E-state index contributed by atoms with van der Waals surface area (Å²) in [6.45, 7) is 10.9. The Labute approximate surface area is 131 Å². The van der Waals surface area contributed by atoms with Crippen LogP contribution in [0.1, 0.15) is 32.8 Å². The second-order valence-corrected chi connectivity index (χ2v) is 6.52. The Morgan fingerprint density at radius 1 is 1.25 bits per heavy atom. The standard InChI is InChI=1S/C15H23Cl2N3/c1-4-12-9-19(5-6-20(12)11(2)3)10-13-14(16)7-18-8-15(13)17/h7-8,11-12H,4-6,9-10H2,1-3H3/t12-/m0/s1. The predicted octanol–water partition coefficient (Wildman–Crippen LogP) is 3.69. The first-order chi connectivity index (χ1) is 9.52. The fourth-order valence-corrected chi connectivity index (χ4v) is 3.42. The van der Waals surface area contributed by atoms with Gasteiger partial charge in [0.2, 0.25) is 0 Å². The summed E-state index contributed by atoms with van der Waals surface area (Å²) in [5, 5.41) is 1.33. The van der Waals surface area contributed by atoms with Crippen LogP contribution in [0.4, 0.5) is 0 Å². The Bertz CT molecular complexity index is 430. The molecule has 1 aromatic heterocycles. The van der Waals surface area contributed by atoms with Crippen LogP contribution in [0.5, 0.6) is 0 Å². The number of hydrogen-bond donors (Lipinski definition) is 0. The zero-order chi connectivity index (χ0) is 14.7. The molecule has 2 heterocycles. The van der Waals surface area contributed by atoms with E-state index in [2.05, 4.69) is 35.6 Å². The molecule has 1 saturated heterocycles. The molecule has 0 saturated carbocycles. The third-order valence-corrected chi connectivity index (χ3v) is 4.73. The molecule has 20 heavy (non-hydrogen) atoms. The van der Waals surface area contributed by atoms with E-state index in [1.807, 2.05) is 0 Å². The second-order valence-electron chi connectivity index (χ2n) is 5.71. The summed E-state index contributed by atoms with van der Waals surface area (Å²) in [7, 11) is 0. The molecule has 1 aliphatic rings. The monoisotopic (exact) mass is 315 g/mol. The fourth-order valence-electron chi connectivity index (χ4n) is 2.93. The van der Waals surface area contributed by atoms with Gasteiger partial charge in [0, 0.05) is 56.2 Å². The first-order valence-corrected chi connectivity index (χ1v) is 8.04. The summed E-state index contributed by atoms with van der Waals surface area (Å²) in [5.41, 5.74) is 0.996. The maximum absolute atomic E-state index is 6.21. The lowest BCUT2D eigenvalue weighted by Gasteiger charge is -2.43. The highest BCUT2D eigenvalue weighted by molar-refractivity contribution is 6.35. The molecule has 0 aliphatic carbocycles. The van der Waals surface area contributed by atoms with Crippen LogP contribution in [0.3, 0.4) is 0 Å². The number of hydrogen-bond acceptors (Lipinski definition) is 3. The van der Waals surface area contributed by atoms with Crippen molar-refractivity contribution >= 4 is 23.2 Å². The summed E-state index contributed by atoms with van der Waals surface area (Å²) in [6.07, 6.45) is 4.52. The van der Waals surface area contributed by atoms with E-state index < -0.39 is 0 Å². The van der Waals surface area contributed by atoms with Gasteiger partial charge in [-0.15, -0.1) is 0 Å². The van der Waals surface area contributed by atoms with Crippen molar-refractivity contribution in [2.75, 3.05) is 19.6 Å². The van der Waals surface area contributed by atoms with E-state index in [4.69, 9.17) is 23.2 Å². The van der Waals surface area contributed by atoms with Crippen molar-refractivity contribution in [3.63, 3.8) is 0 Å². The highest BCUT2D eigenvalue weighted by Gasteiger charge is 2.27. The Balaban J connectivity index is 2.05. The first kappa shape index (κ1) is 16.0. The molecule has 2 rings (SSSR count). The molecule has 1 aromatic rings. The molecule has 0 spiro atoms. The largest absolute Gasteiger partial charge is 0.296 e.